The van der Waals surface area contributed by atoms with Gasteiger partial charge in [-0.15, -0.1) is 5.10 Å². The third-order valence-corrected chi connectivity index (χ3v) is 7.89. The Labute approximate surface area is 254 Å². The van der Waals surface area contributed by atoms with Gasteiger partial charge >= 0.3 is 0 Å². The van der Waals surface area contributed by atoms with Crippen molar-refractivity contribution in [1.29, 1.82) is 10.5 Å². The van der Waals surface area contributed by atoms with Crippen molar-refractivity contribution in [3.05, 3.63) is 104 Å². The van der Waals surface area contributed by atoms with Crippen molar-refractivity contribution in [3.8, 4) is 12.1 Å². The average molecular weight is 620 g/mol. The Bertz CT molecular complexity index is 1930. The number of fused-ring (bicyclic) bond motifs is 1. The highest BCUT2D eigenvalue weighted by molar-refractivity contribution is 6.42. The molecule has 208 valence electrons. The SMILES string of the molecule is N#Cc1cccc([C@H](Nc2cc(Cl)c3ncc(C#N)c(Nc4ccc(Cl)c(Cl)c4F)c3c2)c2cn(C3COC3)nn2)c1. The van der Waals surface area contributed by atoms with Crippen LogP contribution in [0.25, 0.3) is 10.9 Å². The number of aromatic nitrogens is 4. The second kappa shape index (κ2) is 11.4. The van der Waals surface area contributed by atoms with E-state index in [0.717, 1.165) is 5.56 Å². The zero-order valence-electron chi connectivity index (χ0n) is 21.4. The Kier molecular flexibility index (Phi) is 7.55. The highest BCUT2D eigenvalue weighted by atomic mass is 35.5. The number of pyridine rings is 1. The zero-order valence-corrected chi connectivity index (χ0v) is 23.7. The maximum atomic E-state index is 15.0. The summed E-state index contributed by atoms with van der Waals surface area (Å²) in [5, 5.41) is 35.0. The number of nitrogens with one attached hydrogen (secondary N) is 2. The molecule has 1 aliphatic rings. The number of hydrogen-bond donors (Lipinski definition) is 2. The van der Waals surface area contributed by atoms with E-state index in [1.165, 1.54) is 18.3 Å². The molecule has 0 amide bonds. The molecule has 1 fully saturated rings. The fourth-order valence-corrected chi connectivity index (χ4v) is 5.16. The summed E-state index contributed by atoms with van der Waals surface area (Å²) in [4.78, 5) is 4.37. The van der Waals surface area contributed by atoms with Gasteiger partial charge in [0.15, 0.2) is 5.82 Å². The molecule has 0 radical (unpaired) electrons. The molecule has 0 bridgehead atoms. The van der Waals surface area contributed by atoms with Gasteiger partial charge in [0.1, 0.15) is 17.8 Å². The van der Waals surface area contributed by atoms with Gasteiger partial charge in [0, 0.05) is 17.3 Å². The van der Waals surface area contributed by atoms with Crippen molar-refractivity contribution >= 4 is 62.8 Å². The van der Waals surface area contributed by atoms with Crippen LogP contribution in [0.15, 0.2) is 60.9 Å². The van der Waals surface area contributed by atoms with E-state index in [2.05, 4.69) is 38.1 Å². The molecule has 1 aliphatic heterocycles. The predicted octanol–water partition coefficient (Wildman–Crippen LogP) is 7.19. The minimum absolute atomic E-state index is 0.0191. The van der Waals surface area contributed by atoms with E-state index in [1.54, 1.807) is 35.0 Å². The molecule has 6 rings (SSSR count). The average Bonchev–Trinajstić information content (AvgIpc) is 3.44. The van der Waals surface area contributed by atoms with Crippen molar-refractivity contribution < 1.29 is 9.13 Å². The highest BCUT2D eigenvalue weighted by Gasteiger charge is 2.25. The van der Waals surface area contributed by atoms with Crippen molar-refractivity contribution in [2.24, 2.45) is 0 Å². The number of anilines is 3. The first-order chi connectivity index (χ1) is 20.4. The Morgan fingerprint density at radius 1 is 1.05 bits per heavy atom. The summed E-state index contributed by atoms with van der Waals surface area (Å²) in [6, 6.07) is 17.3. The van der Waals surface area contributed by atoms with Gasteiger partial charge in [-0.05, 0) is 42.0 Å². The van der Waals surface area contributed by atoms with Gasteiger partial charge in [0.05, 0.1) is 74.6 Å². The van der Waals surface area contributed by atoms with E-state index in [4.69, 9.17) is 39.5 Å². The summed E-state index contributed by atoms with van der Waals surface area (Å²) in [6.45, 7) is 1.10. The summed E-state index contributed by atoms with van der Waals surface area (Å²) in [5.41, 5.74) is 3.25. The molecule has 2 aromatic heterocycles. The first-order valence-electron chi connectivity index (χ1n) is 12.5. The number of nitrogens with zero attached hydrogens (tertiary/aromatic N) is 6. The maximum Gasteiger partial charge on any atom is 0.166 e. The Hall–Kier alpha value is -4.45. The van der Waals surface area contributed by atoms with Gasteiger partial charge in [-0.1, -0.05) is 52.1 Å². The summed E-state index contributed by atoms with van der Waals surface area (Å²) in [7, 11) is 0. The van der Waals surface area contributed by atoms with Crippen LogP contribution in [0.4, 0.5) is 21.5 Å². The Morgan fingerprint density at radius 2 is 1.88 bits per heavy atom. The van der Waals surface area contributed by atoms with Crippen LogP contribution in [0.5, 0.6) is 0 Å². The lowest BCUT2D eigenvalue weighted by Gasteiger charge is -2.25. The number of rotatable bonds is 7. The van der Waals surface area contributed by atoms with Gasteiger partial charge < -0.3 is 15.4 Å². The second-order valence-corrected chi connectivity index (χ2v) is 10.7. The maximum absolute atomic E-state index is 15.0. The quantitative estimate of drug-likeness (QED) is 0.184. The van der Waals surface area contributed by atoms with E-state index in [9.17, 15) is 14.9 Å². The molecule has 0 aliphatic carbocycles. The van der Waals surface area contributed by atoms with Gasteiger partial charge in [0.25, 0.3) is 0 Å². The standard InChI is InChI=1S/C29H18Cl3FN8O/c30-21-4-5-23(26(33)25(21)32)38-27-17(10-35)11-36-29-20(27)7-18(8-22(29)31)37-28(16-3-1-2-15(6-16)9-34)24-12-41(40-39-24)19-13-42-14-19/h1-8,11-12,19,28,37H,13-14H2,(H,36,38)/t28-/m0/s1. The summed E-state index contributed by atoms with van der Waals surface area (Å²) in [5.74, 6) is -0.768. The molecule has 0 unspecified atom stereocenters. The number of benzene rings is 3. The number of halogens is 4. The van der Waals surface area contributed by atoms with Crippen LogP contribution in [0.1, 0.15) is 34.5 Å². The molecule has 3 aromatic carbocycles. The summed E-state index contributed by atoms with van der Waals surface area (Å²) >= 11 is 18.7. The number of nitriles is 2. The number of ether oxygens (including phenoxy) is 1. The van der Waals surface area contributed by atoms with E-state index in [-0.39, 0.29) is 38.0 Å². The second-order valence-electron chi connectivity index (χ2n) is 9.49. The highest BCUT2D eigenvalue weighted by Crippen LogP contribution is 2.38. The largest absolute Gasteiger partial charge is 0.377 e. The molecule has 2 N–H and O–H groups in total. The first kappa shape index (κ1) is 27.7. The molecule has 1 atom stereocenters. The van der Waals surface area contributed by atoms with Crippen LogP contribution < -0.4 is 10.6 Å². The predicted molar refractivity (Wildman–Crippen MR) is 158 cm³/mol. The molecular formula is C29H18Cl3FN8O. The smallest absolute Gasteiger partial charge is 0.166 e. The summed E-state index contributed by atoms with van der Waals surface area (Å²) in [6.07, 6.45) is 3.19. The summed E-state index contributed by atoms with van der Waals surface area (Å²) < 4.78 is 22.0. The van der Waals surface area contributed by atoms with Gasteiger partial charge in [-0.2, -0.15) is 10.5 Å². The molecule has 5 aromatic rings. The van der Waals surface area contributed by atoms with Crippen LogP contribution >= 0.6 is 34.8 Å². The molecule has 0 saturated carbocycles. The van der Waals surface area contributed by atoms with Crippen LogP contribution in [-0.4, -0.2) is 33.2 Å². The first-order valence-corrected chi connectivity index (χ1v) is 13.7. The minimum Gasteiger partial charge on any atom is -0.377 e. The van der Waals surface area contributed by atoms with Crippen LogP contribution in [0.3, 0.4) is 0 Å². The van der Waals surface area contributed by atoms with Crippen molar-refractivity contribution in [2.45, 2.75) is 12.1 Å². The van der Waals surface area contributed by atoms with Gasteiger partial charge in [-0.3, -0.25) is 4.98 Å². The third-order valence-electron chi connectivity index (χ3n) is 6.82. The molecule has 0 spiro atoms. The van der Waals surface area contributed by atoms with E-state index in [1.807, 2.05) is 12.3 Å². The van der Waals surface area contributed by atoms with Crippen molar-refractivity contribution in [1.82, 2.24) is 20.0 Å². The fourth-order valence-electron chi connectivity index (χ4n) is 4.58. The third kappa shape index (κ3) is 5.18. The van der Waals surface area contributed by atoms with Crippen LogP contribution in [0.2, 0.25) is 15.1 Å². The van der Waals surface area contributed by atoms with Crippen molar-refractivity contribution in [3.63, 3.8) is 0 Å². The molecule has 13 heteroatoms. The Morgan fingerprint density at radius 3 is 2.62 bits per heavy atom. The molecule has 1 saturated heterocycles. The van der Waals surface area contributed by atoms with E-state index < -0.39 is 11.9 Å². The normalized spacial score (nSPS) is 13.7. The molecule has 3 heterocycles. The van der Waals surface area contributed by atoms with Crippen LogP contribution in [-0.2, 0) is 4.74 Å². The van der Waals surface area contributed by atoms with Crippen LogP contribution in [0, 0.1) is 28.5 Å². The van der Waals surface area contributed by atoms with Gasteiger partial charge in [-0.25, -0.2) is 9.07 Å². The molecular weight excluding hydrogens is 602 g/mol. The lowest BCUT2D eigenvalue weighted by molar-refractivity contribution is -0.0293. The lowest BCUT2D eigenvalue weighted by Crippen LogP contribution is -2.31. The monoisotopic (exact) mass is 618 g/mol. The van der Waals surface area contributed by atoms with E-state index >= 15 is 0 Å². The van der Waals surface area contributed by atoms with E-state index in [0.29, 0.717) is 41.1 Å². The molecule has 9 nitrogen and oxygen atoms in total. The Balaban J connectivity index is 1.45. The topological polar surface area (TPSA) is 124 Å². The molecule has 42 heavy (non-hydrogen) atoms. The number of hydrogen-bond acceptors (Lipinski definition) is 8. The zero-order chi connectivity index (χ0) is 29.4. The fraction of sp³-hybridized carbons (Fsp3) is 0.138. The minimum atomic E-state index is -0.768. The van der Waals surface area contributed by atoms with Crippen molar-refractivity contribution in [2.75, 3.05) is 23.8 Å². The lowest BCUT2D eigenvalue weighted by atomic mass is 10.0. The van der Waals surface area contributed by atoms with Gasteiger partial charge in [0.2, 0.25) is 0 Å².